The predicted molar refractivity (Wildman–Crippen MR) is 41.1 cm³/mol. The second kappa shape index (κ2) is 3.34. The third kappa shape index (κ3) is 2.61. The van der Waals surface area contributed by atoms with Crippen molar-refractivity contribution in [2.75, 3.05) is 13.2 Å². The number of ether oxygens (including phenoxy) is 2. The zero-order valence-electron chi connectivity index (χ0n) is 6.91. The van der Waals surface area contributed by atoms with Gasteiger partial charge in [0.05, 0.1) is 13.2 Å². The molecule has 0 unspecified atom stereocenters. The minimum atomic E-state index is -0.468. The van der Waals surface area contributed by atoms with E-state index in [1.807, 2.05) is 19.9 Å². The molecule has 0 radical (unpaired) electrons. The molecule has 11 heavy (non-hydrogen) atoms. The topological polar surface area (TPSA) is 38.7 Å². The lowest BCUT2D eigenvalue weighted by molar-refractivity contribution is -0.133. The molecule has 1 aliphatic heterocycles. The molecule has 3 heteroatoms. The van der Waals surface area contributed by atoms with Crippen molar-refractivity contribution in [2.24, 2.45) is 0 Å². The monoisotopic (exact) mass is 158 g/mol. The van der Waals surface area contributed by atoms with Crippen molar-refractivity contribution in [3.8, 4) is 0 Å². The van der Waals surface area contributed by atoms with Crippen molar-refractivity contribution < 1.29 is 14.6 Å². The van der Waals surface area contributed by atoms with E-state index in [2.05, 4.69) is 0 Å². The van der Waals surface area contributed by atoms with Crippen LogP contribution in [0.5, 0.6) is 0 Å². The Balaban J connectivity index is 2.36. The molecule has 0 aromatic heterocycles. The van der Waals surface area contributed by atoms with Crippen LogP contribution in [0.1, 0.15) is 13.8 Å². The summed E-state index contributed by atoms with van der Waals surface area (Å²) in [6, 6.07) is 0. The van der Waals surface area contributed by atoms with Gasteiger partial charge >= 0.3 is 0 Å². The highest BCUT2D eigenvalue weighted by Crippen LogP contribution is 2.22. The number of hydrogen-bond donors (Lipinski definition) is 1. The quantitative estimate of drug-likeness (QED) is 0.601. The summed E-state index contributed by atoms with van der Waals surface area (Å²) >= 11 is 0. The second-order valence-electron chi connectivity index (χ2n) is 2.98. The van der Waals surface area contributed by atoms with E-state index in [1.165, 1.54) is 0 Å². The highest BCUT2D eigenvalue weighted by atomic mass is 16.7. The van der Waals surface area contributed by atoms with Gasteiger partial charge in [0.15, 0.2) is 5.79 Å². The molecule has 3 nitrogen and oxygen atoms in total. The van der Waals surface area contributed by atoms with Crippen LogP contribution in [0.25, 0.3) is 0 Å². The van der Waals surface area contributed by atoms with Gasteiger partial charge in [0, 0.05) is 0 Å². The van der Waals surface area contributed by atoms with Gasteiger partial charge in [-0.3, -0.25) is 0 Å². The van der Waals surface area contributed by atoms with Crippen LogP contribution in [0.2, 0.25) is 0 Å². The molecule has 1 heterocycles. The molecule has 0 saturated carbocycles. The lowest BCUT2D eigenvalue weighted by Crippen LogP contribution is -2.20. The third-order valence-corrected chi connectivity index (χ3v) is 1.49. The average Bonchev–Trinajstić information content (AvgIpc) is 2.26. The zero-order valence-corrected chi connectivity index (χ0v) is 6.91. The van der Waals surface area contributed by atoms with E-state index >= 15 is 0 Å². The van der Waals surface area contributed by atoms with Gasteiger partial charge in [-0.2, -0.15) is 0 Å². The van der Waals surface area contributed by atoms with Gasteiger partial charge < -0.3 is 14.6 Å². The number of hydrogen-bond acceptors (Lipinski definition) is 3. The summed E-state index contributed by atoms with van der Waals surface area (Å²) in [5, 5.41) is 8.47. The van der Waals surface area contributed by atoms with E-state index in [4.69, 9.17) is 14.6 Å². The molecular weight excluding hydrogens is 144 g/mol. The van der Waals surface area contributed by atoms with Gasteiger partial charge in [-0.25, -0.2) is 0 Å². The molecule has 0 aromatic carbocycles. The molecule has 1 rings (SSSR count). The third-order valence-electron chi connectivity index (χ3n) is 1.49. The molecule has 0 aromatic rings. The van der Waals surface area contributed by atoms with Crippen LogP contribution in [0.15, 0.2) is 12.2 Å². The maximum absolute atomic E-state index is 8.47. The Morgan fingerprint density at radius 2 is 2.36 bits per heavy atom. The fourth-order valence-corrected chi connectivity index (χ4v) is 1.02. The standard InChI is InChI=1S/C8H14O3/c1-8(2)10-6-7(11-8)4-3-5-9/h3-4,7,9H,5-6H2,1-2H3/b4-3-/t7-/m0/s1. The predicted octanol–water partition coefficient (Wildman–Crippen LogP) is 0.686. The summed E-state index contributed by atoms with van der Waals surface area (Å²) in [6.45, 7) is 4.38. The summed E-state index contributed by atoms with van der Waals surface area (Å²) in [6.07, 6.45) is 3.47. The van der Waals surface area contributed by atoms with Crippen LogP contribution in [0.4, 0.5) is 0 Å². The van der Waals surface area contributed by atoms with Crippen molar-refractivity contribution in [2.45, 2.75) is 25.7 Å². The molecule has 1 aliphatic rings. The van der Waals surface area contributed by atoms with Crippen molar-refractivity contribution in [1.82, 2.24) is 0 Å². The molecule has 0 bridgehead atoms. The number of aliphatic hydroxyl groups excluding tert-OH is 1. The molecule has 1 saturated heterocycles. The van der Waals surface area contributed by atoms with Crippen LogP contribution in [-0.2, 0) is 9.47 Å². The second-order valence-corrected chi connectivity index (χ2v) is 2.98. The van der Waals surface area contributed by atoms with E-state index in [0.29, 0.717) is 6.61 Å². The van der Waals surface area contributed by atoms with Gasteiger partial charge in [0.2, 0.25) is 0 Å². The van der Waals surface area contributed by atoms with Gasteiger partial charge in [0.25, 0.3) is 0 Å². The minimum Gasteiger partial charge on any atom is -0.392 e. The molecular formula is C8H14O3. The van der Waals surface area contributed by atoms with E-state index in [1.54, 1.807) is 6.08 Å². The summed E-state index contributed by atoms with van der Waals surface area (Å²) in [4.78, 5) is 0. The number of aliphatic hydroxyl groups is 1. The SMILES string of the molecule is CC1(C)OC[C@H](/C=C\CO)O1. The van der Waals surface area contributed by atoms with E-state index in [0.717, 1.165) is 0 Å². The Labute approximate surface area is 66.6 Å². The summed E-state index contributed by atoms with van der Waals surface area (Å²) < 4.78 is 10.7. The fourth-order valence-electron chi connectivity index (χ4n) is 1.02. The van der Waals surface area contributed by atoms with Crippen LogP contribution in [0.3, 0.4) is 0 Å². The van der Waals surface area contributed by atoms with Gasteiger partial charge in [-0.15, -0.1) is 0 Å². The Morgan fingerprint density at radius 3 is 2.82 bits per heavy atom. The van der Waals surface area contributed by atoms with Crippen molar-refractivity contribution in [3.63, 3.8) is 0 Å². The van der Waals surface area contributed by atoms with Crippen LogP contribution in [0, 0.1) is 0 Å². The smallest absolute Gasteiger partial charge is 0.163 e. The fraction of sp³-hybridized carbons (Fsp3) is 0.750. The molecule has 0 spiro atoms. The normalized spacial score (nSPS) is 29.9. The Hall–Kier alpha value is -0.380. The van der Waals surface area contributed by atoms with Gasteiger partial charge in [-0.05, 0) is 13.8 Å². The Bertz CT molecular complexity index is 151. The Morgan fingerprint density at radius 1 is 1.64 bits per heavy atom. The molecule has 0 amide bonds. The first-order chi connectivity index (χ1) is 5.14. The lowest BCUT2D eigenvalue weighted by Gasteiger charge is -2.15. The summed E-state index contributed by atoms with van der Waals surface area (Å²) in [5.41, 5.74) is 0. The molecule has 1 N–H and O–H groups in total. The summed E-state index contributed by atoms with van der Waals surface area (Å²) in [7, 11) is 0. The van der Waals surface area contributed by atoms with Crippen molar-refractivity contribution in [1.29, 1.82) is 0 Å². The first kappa shape index (κ1) is 8.71. The van der Waals surface area contributed by atoms with Crippen LogP contribution < -0.4 is 0 Å². The van der Waals surface area contributed by atoms with Crippen LogP contribution >= 0.6 is 0 Å². The molecule has 1 atom stereocenters. The lowest BCUT2D eigenvalue weighted by atomic mass is 10.3. The van der Waals surface area contributed by atoms with Gasteiger partial charge in [-0.1, -0.05) is 12.2 Å². The zero-order chi connectivity index (χ0) is 8.32. The highest BCUT2D eigenvalue weighted by molar-refractivity contribution is 4.92. The largest absolute Gasteiger partial charge is 0.392 e. The maximum atomic E-state index is 8.47. The van der Waals surface area contributed by atoms with Crippen LogP contribution in [-0.4, -0.2) is 30.2 Å². The highest BCUT2D eigenvalue weighted by Gasteiger charge is 2.30. The molecule has 1 fully saturated rings. The molecule has 0 aliphatic carbocycles. The molecule has 64 valence electrons. The first-order valence-corrected chi connectivity index (χ1v) is 3.73. The number of rotatable bonds is 2. The van der Waals surface area contributed by atoms with E-state index < -0.39 is 5.79 Å². The summed E-state index contributed by atoms with van der Waals surface area (Å²) in [5.74, 6) is -0.468. The van der Waals surface area contributed by atoms with Crippen molar-refractivity contribution in [3.05, 3.63) is 12.2 Å². The maximum Gasteiger partial charge on any atom is 0.163 e. The minimum absolute atomic E-state index is 0.00264. The van der Waals surface area contributed by atoms with Gasteiger partial charge in [0.1, 0.15) is 6.10 Å². The average molecular weight is 158 g/mol. The Kier molecular flexibility index (Phi) is 2.65. The van der Waals surface area contributed by atoms with Crippen molar-refractivity contribution >= 4 is 0 Å². The first-order valence-electron chi connectivity index (χ1n) is 3.73. The van der Waals surface area contributed by atoms with E-state index in [-0.39, 0.29) is 12.7 Å². The van der Waals surface area contributed by atoms with E-state index in [9.17, 15) is 0 Å².